The average Bonchev–Trinajstić information content (AvgIpc) is 2.38. The van der Waals surface area contributed by atoms with E-state index in [-0.39, 0.29) is 11.3 Å². The van der Waals surface area contributed by atoms with Crippen LogP contribution in [0, 0.1) is 10.8 Å². The standard InChI is InChI=1S/C17H29N3/c1-14(2)20(13-15-9-6-5-7-10-15)12-8-11-17(3,4)16(18)19/h5-7,9-10,14H,8,11-13H2,1-4H3,(H3,18,19). The molecule has 0 aliphatic heterocycles. The summed E-state index contributed by atoms with van der Waals surface area (Å²) in [4.78, 5) is 2.48. The molecule has 0 spiro atoms. The zero-order valence-corrected chi connectivity index (χ0v) is 13.3. The van der Waals surface area contributed by atoms with Gasteiger partial charge in [-0.2, -0.15) is 0 Å². The molecule has 3 heteroatoms. The van der Waals surface area contributed by atoms with Crippen molar-refractivity contribution in [3.8, 4) is 0 Å². The minimum Gasteiger partial charge on any atom is -0.387 e. The molecule has 1 aromatic rings. The molecule has 0 aliphatic carbocycles. The van der Waals surface area contributed by atoms with Gasteiger partial charge in [-0.25, -0.2) is 0 Å². The molecule has 3 N–H and O–H groups in total. The number of nitrogens with two attached hydrogens (primary N) is 1. The number of hydrogen-bond acceptors (Lipinski definition) is 2. The average molecular weight is 275 g/mol. The Hall–Kier alpha value is -1.35. The van der Waals surface area contributed by atoms with Crippen LogP contribution in [0.1, 0.15) is 46.1 Å². The van der Waals surface area contributed by atoms with E-state index in [1.54, 1.807) is 0 Å². The van der Waals surface area contributed by atoms with Crippen molar-refractivity contribution < 1.29 is 0 Å². The van der Waals surface area contributed by atoms with Crippen LogP contribution in [0.15, 0.2) is 30.3 Å². The normalized spacial score (nSPS) is 12.1. The lowest BCUT2D eigenvalue weighted by Gasteiger charge is -2.29. The molecule has 0 heterocycles. The summed E-state index contributed by atoms with van der Waals surface area (Å²) >= 11 is 0. The van der Waals surface area contributed by atoms with E-state index in [1.807, 2.05) is 13.8 Å². The highest BCUT2D eigenvalue weighted by molar-refractivity contribution is 5.82. The van der Waals surface area contributed by atoms with Gasteiger partial charge in [0.25, 0.3) is 0 Å². The summed E-state index contributed by atoms with van der Waals surface area (Å²) in [6.07, 6.45) is 2.03. The second-order valence-electron chi connectivity index (χ2n) is 6.45. The minimum absolute atomic E-state index is 0.185. The van der Waals surface area contributed by atoms with Crippen molar-refractivity contribution in [2.45, 2.75) is 53.1 Å². The number of rotatable bonds is 8. The molecule has 0 radical (unpaired) electrons. The molecule has 0 saturated heterocycles. The second kappa shape index (κ2) is 7.44. The van der Waals surface area contributed by atoms with Crippen molar-refractivity contribution in [1.82, 2.24) is 4.90 Å². The Morgan fingerprint density at radius 1 is 1.25 bits per heavy atom. The van der Waals surface area contributed by atoms with E-state index in [4.69, 9.17) is 11.1 Å². The van der Waals surface area contributed by atoms with Crippen LogP contribution in [0.2, 0.25) is 0 Å². The number of nitrogens with one attached hydrogen (secondary N) is 1. The van der Waals surface area contributed by atoms with Crippen molar-refractivity contribution in [2.24, 2.45) is 11.1 Å². The van der Waals surface area contributed by atoms with Crippen molar-refractivity contribution in [3.05, 3.63) is 35.9 Å². The van der Waals surface area contributed by atoms with E-state index in [0.29, 0.717) is 6.04 Å². The summed E-state index contributed by atoms with van der Waals surface area (Å²) in [5.41, 5.74) is 6.81. The highest BCUT2D eigenvalue weighted by Crippen LogP contribution is 2.22. The summed E-state index contributed by atoms with van der Waals surface area (Å²) < 4.78 is 0. The predicted molar refractivity (Wildman–Crippen MR) is 86.9 cm³/mol. The molecule has 20 heavy (non-hydrogen) atoms. The summed E-state index contributed by atoms with van der Waals surface area (Å²) in [5, 5.41) is 7.61. The first-order chi connectivity index (χ1) is 9.33. The molecular weight excluding hydrogens is 246 g/mol. The molecule has 0 bridgehead atoms. The number of nitrogens with zero attached hydrogens (tertiary/aromatic N) is 1. The molecule has 0 aromatic heterocycles. The fourth-order valence-electron chi connectivity index (χ4n) is 2.20. The van der Waals surface area contributed by atoms with Gasteiger partial charge in [0.15, 0.2) is 0 Å². The van der Waals surface area contributed by atoms with Gasteiger partial charge in [0.1, 0.15) is 0 Å². The van der Waals surface area contributed by atoms with Gasteiger partial charge in [-0.3, -0.25) is 10.3 Å². The van der Waals surface area contributed by atoms with E-state index >= 15 is 0 Å². The van der Waals surface area contributed by atoms with Crippen LogP contribution >= 0.6 is 0 Å². The van der Waals surface area contributed by atoms with Gasteiger partial charge in [0, 0.05) is 18.0 Å². The molecule has 0 fully saturated rings. The second-order valence-corrected chi connectivity index (χ2v) is 6.45. The van der Waals surface area contributed by atoms with E-state index in [9.17, 15) is 0 Å². The number of benzene rings is 1. The zero-order valence-electron chi connectivity index (χ0n) is 13.3. The van der Waals surface area contributed by atoms with E-state index in [0.717, 1.165) is 25.9 Å². The molecule has 1 rings (SSSR count). The lowest BCUT2D eigenvalue weighted by molar-refractivity contribution is 0.202. The zero-order chi connectivity index (χ0) is 15.2. The Balaban J connectivity index is 2.50. The molecule has 1 aromatic carbocycles. The van der Waals surface area contributed by atoms with E-state index in [2.05, 4.69) is 49.1 Å². The smallest absolute Gasteiger partial charge is 0.0963 e. The third kappa shape index (κ3) is 5.33. The molecule has 0 amide bonds. The van der Waals surface area contributed by atoms with Gasteiger partial charge in [-0.05, 0) is 38.8 Å². The quantitative estimate of drug-likeness (QED) is 0.562. The van der Waals surface area contributed by atoms with Crippen LogP contribution in [0.3, 0.4) is 0 Å². The third-order valence-electron chi connectivity index (χ3n) is 3.94. The molecule has 112 valence electrons. The van der Waals surface area contributed by atoms with Crippen LogP contribution < -0.4 is 5.73 Å². The Morgan fingerprint density at radius 3 is 2.35 bits per heavy atom. The van der Waals surface area contributed by atoms with Crippen LogP contribution in [0.25, 0.3) is 0 Å². The Kier molecular flexibility index (Phi) is 6.21. The summed E-state index contributed by atoms with van der Waals surface area (Å²) in [7, 11) is 0. The van der Waals surface area contributed by atoms with Gasteiger partial charge in [-0.1, -0.05) is 44.2 Å². The maximum Gasteiger partial charge on any atom is 0.0963 e. The molecular formula is C17H29N3. The maximum absolute atomic E-state index is 7.61. The summed E-state index contributed by atoms with van der Waals surface area (Å²) in [5.74, 6) is 0.289. The molecule has 3 nitrogen and oxygen atoms in total. The van der Waals surface area contributed by atoms with Crippen molar-refractivity contribution in [1.29, 1.82) is 5.41 Å². The topological polar surface area (TPSA) is 53.1 Å². The van der Waals surface area contributed by atoms with Crippen LogP contribution in [-0.2, 0) is 6.54 Å². The van der Waals surface area contributed by atoms with Crippen molar-refractivity contribution in [2.75, 3.05) is 6.54 Å². The maximum atomic E-state index is 7.61. The van der Waals surface area contributed by atoms with Gasteiger partial charge < -0.3 is 5.73 Å². The lowest BCUT2D eigenvalue weighted by atomic mass is 9.86. The first-order valence-corrected chi connectivity index (χ1v) is 7.45. The van der Waals surface area contributed by atoms with Crippen LogP contribution in [-0.4, -0.2) is 23.3 Å². The van der Waals surface area contributed by atoms with Crippen molar-refractivity contribution >= 4 is 5.84 Å². The van der Waals surface area contributed by atoms with Crippen LogP contribution in [0.4, 0.5) is 0 Å². The SMILES string of the molecule is CC(C)N(CCCC(C)(C)C(=N)N)Cc1ccccc1. The Bertz CT molecular complexity index is 410. The monoisotopic (exact) mass is 275 g/mol. The lowest BCUT2D eigenvalue weighted by Crippen LogP contribution is -2.34. The first-order valence-electron chi connectivity index (χ1n) is 7.45. The highest BCUT2D eigenvalue weighted by Gasteiger charge is 2.21. The molecule has 0 atom stereocenters. The Labute approximate surface area is 123 Å². The van der Waals surface area contributed by atoms with Crippen molar-refractivity contribution in [3.63, 3.8) is 0 Å². The molecule has 0 aliphatic rings. The fraction of sp³-hybridized carbons (Fsp3) is 0.588. The fourth-order valence-corrected chi connectivity index (χ4v) is 2.20. The first kappa shape index (κ1) is 16.7. The minimum atomic E-state index is -0.185. The van der Waals surface area contributed by atoms with Gasteiger partial charge >= 0.3 is 0 Å². The van der Waals surface area contributed by atoms with Gasteiger partial charge in [0.2, 0.25) is 0 Å². The van der Waals surface area contributed by atoms with Gasteiger partial charge in [0.05, 0.1) is 5.84 Å². The largest absolute Gasteiger partial charge is 0.387 e. The third-order valence-corrected chi connectivity index (χ3v) is 3.94. The Morgan fingerprint density at radius 2 is 1.85 bits per heavy atom. The number of amidine groups is 1. The van der Waals surface area contributed by atoms with E-state index in [1.165, 1.54) is 5.56 Å². The van der Waals surface area contributed by atoms with Gasteiger partial charge in [-0.15, -0.1) is 0 Å². The molecule has 0 unspecified atom stereocenters. The number of hydrogen-bond donors (Lipinski definition) is 2. The highest BCUT2D eigenvalue weighted by atomic mass is 15.1. The summed E-state index contributed by atoms with van der Waals surface area (Å²) in [6.45, 7) is 10.6. The summed E-state index contributed by atoms with van der Waals surface area (Å²) in [6, 6.07) is 11.1. The van der Waals surface area contributed by atoms with Crippen LogP contribution in [0.5, 0.6) is 0 Å². The molecule has 0 saturated carbocycles. The predicted octanol–water partition coefficient (Wildman–Crippen LogP) is 3.64. The van der Waals surface area contributed by atoms with E-state index < -0.39 is 0 Å².